The molecule has 1 fully saturated rings. The van der Waals surface area contributed by atoms with E-state index in [0.717, 1.165) is 16.7 Å². The highest BCUT2D eigenvalue weighted by molar-refractivity contribution is 8.15. The molecule has 0 unspecified atom stereocenters. The minimum atomic E-state index is -0.622. The first-order valence-electron chi connectivity index (χ1n) is 4.58. The number of amides is 2. The Hall–Kier alpha value is -1.56. The van der Waals surface area contributed by atoms with Gasteiger partial charge in [0.1, 0.15) is 5.82 Å². The van der Waals surface area contributed by atoms with Crippen molar-refractivity contribution >= 4 is 28.6 Å². The van der Waals surface area contributed by atoms with E-state index in [0.29, 0.717) is 5.69 Å². The Morgan fingerprint density at radius 2 is 1.94 bits per heavy atom. The van der Waals surface area contributed by atoms with Crippen molar-refractivity contribution in [1.82, 2.24) is 4.90 Å². The van der Waals surface area contributed by atoms with Crippen LogP contribution in [0, 0.1) is 5.82 Å². The second kappa shape index (κ2) is 4.13. The molecular formula is C10H9FN2O2S. The number of benzene rings is 1. The van der Waals surface area contributed by atoms with E-state index in [4.69, 9.17) is 0 Å². The maximum Gasteiger partial charge on any atom is 0.290 e. The summed E-state index contributed by atoms with van der Waals surface area (Å²) in [7, 11) is 1.43. The van der Waals surface area contributed by atoms with Crippen molar-refractivity contribution in [2.45, 2.75) is 5.37 Å². The molecule has 1 saturated heterocycles. The number of carbonyl (C=O) groups excluding carboxylic acids is 2. The van der Waals surface area contributed by atoms with Gasteiger partial charge in [0.2, 0.25) is 0 Å². The Balaban J connectivity index is 2.09. The zero-order valence-electron chi connectivity index (χ0n) is 8.44. The van der Waals surface area contributed by atoms with Gasteiger partial charge in [0.15, 0.2) is 5.37 Å². The van der Waals surface area contributed by atoms with Crippen molar-refractivity contribution in [3.05, 3.63) is 30.1 Å². The van der Waals surface area contributed by atoms with Crippen molar-refractivity contribution in [2.24, 2.45) is 0 Å². The second-order valence-corrected chi connectivity index (χ2v) is 4.37. The fourth-order valence-corrected chi connectivity index (χ4v) is 2.19. The SMILES string of the molecule is CN1C(=O)S[C@H](Nc2ccc(F)cc2)C1=O. The molecule has 1 atom stereocenters. The Kier molecular flexibility index (Phi) is 2.82. The topological polar surface area (TPSA) is 49.4 Å². The van der Waals surface area contributed by atoms with Crippen molar-refractivity contribution in [3.63, 3.8) is 0 Å². The molecule has 2 amide bonds. The van der Waals surface area contributed by atoms with E-state index < -0.39 is 5.37 Å². The molecule has 0 bridgehead atoms. The van der Waals surface area contributed by atoms with Gasteiger partial charge in [-0.3, -0.25) is 14.5 Å². The summed E-state index contributed by atoms with van der Waals surface area (Å²) in [6.07, 6.45) is 0. The van der Waals surface area contributed by atoms with Crippen LogP contribution >= 0.6 is 11.8 Å². The Morgan fingerprint density at radius 3 is 2.44 bits per heavy atom. The van der Waals surface area contributed by atoms with Crippen LogP contribution < -0.4 is 5.32 Å². The number of rotatable bonds is 2. The van der Waals surface area contributed by atoms with Gasteiger partial charge in [0, 0.05) is 12.7 Å². The maximum absolute atomic E-state index is 12.6. The van der Waals surface area contributed by atoms with E-state index >= 15 is 0 Å². The molecule has 6 heteroatoms. The second-order valence-electron chi connectivity index (χ2n) is 3.31. The summed E-state index contributed by atoms with van der Waals surface area (Å²) in [5, 5.41) is 1.95. The lowest BCUT2D eigenvalue weighted by Gasteiger charge is -2.10. The van der Waals surface area contributed by atoms with Gasteiger partial charge in [0.25, 0.3) is 11.1 Å². The average Bonchev–Trinajstić information content (AvgIpc) is 2.50. The number of hydrogen-bond donors (Lipinski definition) is 1. The van der Waals surface area contributed by atoms with Gasteiger partial charge in [-0.15, -0.1) is 0 Å². The molecule has 4 nitrogen and oxygen atoms in total. The molecule has 0 radical (unpaired) electrons. The Morgan fingerprint density at radius 1 is 1.31 bits per heavy atom. The maximum atomic E-state index is 12.6. The lowest BCUT2D eigenvalue weighted by atomic mass is 10.3. The van der Waals surface area contributed by atoms with E-state index in [-0.39, 0.29) is 17.0 Å². The summed E-state index contributed by atoms with van der Waals surface area (Å²) in [4.78, 5) is 23.8. The largest absolute Gasteiger partial charge is 0.365 e. The number of halogens is 1. The van der Waals surface area contributed by atoms with E-state index in [1.54, 1.807) is 0 Å². The number of likely N-dealkylation sites (N-methyl/N-ethyl adjacent to an activating group) is 1. The number of nitrogens with one attached hydrogen (secondary N) is 1. The zero-order chi connectivity index (χ0) is 11.7. The number of anilines is 1. The van der Waals surface area contributed by atoms with Gasteiger partial charge < -0.3 is 5.32 Å². The van der Waals surface area contributed by atoms with E-state index in [1.165, 1.54) is 31.3 Å². The van der Waals surface area contributed by atoms with Gasteiger partial charge >= 0.3 is 0 Å². The van der Waals surface area contributed by atoms with Crippen LogP contribution in [0.4, 0.5) is 14.9 Å². The van der Waals surface area contributed by atoms with Crippen LogP contribution in [-0.2, 0) is 4.79 Å². The predicted molar refractivity (Wildman–Crippen MR) is 59.6 cm³/mol. The molecule has 0 aromatic heterocycles. The minimum absolute atomic E-state index is 0.287. The number of nitrogens with zero attached hydrogens (tertiary/aromatic N) is 1. The molecule has 1 N–H and O–H groups in total. The van der Waals surface area contributed by atoms with Gasteiger partial charge in [-0.05, 0) is 36.0 Å². The van der Waals surface area contributed by atoms with Gasteiger partial charge in [-0.1, -0.05) is 0 Å². The molecule has 0 spiro atoms. The highest BCUT2D eigenvalue weighted by Gasteiger charge is 2.36. The molecular weight excluding hydrogens is 231 g/mol. The highest BCUT2D eigenvalue weighted by atomic mass is 32.2. The van der Waals surface area contributed by atoms with Crippen LogP contribution in [0.1, 0.15) is 0 Å². The van der Waals surface area contributed by atoms with Crippen molar-refractivity contribution in [3.8, 4) is 0 Å². The summed E-state index contributed by atoms with van der Waals surface area (Å²) in [5.41, 5.74) is 0.607. The third-order valence-electron chi connectivity index (χ3n) is 2.19. The van der Waals surface area contributed by atoms with Crippen LogP contribution in [0.3, 0.4) is 0 Å². The number of hydrogen-bond acceptors (Lipinski definition) is 4. The van der Waals surface area contributed by atoms with E-state index in [1.807, 2.05) is 0 Å². The first-order chi connectivity index (χ1) is 7.58. The minimum Gasteiger partial charge on any atom is -0.365 e. The Labute approximate surface area is 95.8 Å². The Bertz CT molecular complexity index is 435. The van der Waals surface area contributed by atoms with Crippen LogP contribution in [-0.4, -0.2) is 28.5 Å². The smallest absolute Gasteiger partial charge is 0.290 e. The van der Waals surface area contributed by atoms with Crippen molar-refractivity contribution in [1.29, 1.82) is 0 Å². The normalized spacial score (nSPS) is 20.4. The monoisotopic (exact) mass is 240 g/mol. The van der Waals surface area contributed by atoms with Gasteiger partial charge in [-0.2, -0.15) is 0 Å². The summed E-state index contributed by atoms with van der Waals surface area (Å²) < 4.78 is 12.6. The quantitative estimate of drug-likeness (QED) is 0.857. The van der Waals surface area contributed by atoms with E-state index in [9.17, 15) is 14.0 Å². The molecule has 0 saturated carbocycles. The number of thioether (sulfide) groups is 1. The van der Waals surface area contributed by atoms with Crippen molar-refractivity contribution < 1.29 is 14.0 Å². The van der Waals surface area contributed by atoms with E-state index in [2.05, 4.69) is 5.32 Å². The van der Waals surface area contributed by atoms with Crippen LogP contribution in [0.5, 0.6) is 0 Å². The third kappa shape index (κ3) is 2.01. The third-order valence-corrected chi connectivity index (χ3v) is 3.22. The molecule has 1 aliphatic heterocycles. The first-order valence-corrected chi connectivity index (χ1v) is 5.46. The predicted octanol–water partition coefficient (Wildman–Crippen LogP) is 1.89. The molecule has 1 aromatic carbocycles. The van der Waals surface area contributed by atoms with Crippen LogP contribution in [0.25, 0.3) is 0 Å². The molecule has 16 heavy (non-hydrogen) atoms. The van der Waals surface area contributed by atoms with Crippen LogP contribution in [0.2, 0.25) is 0 Å². The molecule has 1 aliphatic rings. The average molecular weight is 240 g/mol. The highest BCUT2D eigenvalue weighted by Crippen LogP contribution is 2.26. The number of imide groups is 1. The summed E-state index contributed by atoms with van der Waals surface area (Å²) in [6.45, 7) is 0. The van der Waals surface area contributed by atoms with Crippen molar-refractivity contribution in [2.75, 3.05) is 12.4 Å². The summed E-state index contributed by atoms with van der Waals surface area (Å²) in [5.74, 6) is -0.636. The fraction of sp³-hybridized carbons (Fsp3) is 0.200. The fourth-order valence-electron chi connectivity index (χ4n) is 1.28. The van der Waals surface area contributed by atoms with Crippen LogP contribution in [0.15, 0.2) is 24.3 Å². The lowest BCUT2D eigenvalue weighted by molar-refractivity contribution is -0.125. The van der Waals surface area contributed by atoms with Gasteiger partial charge in [0.05, 0.1) is 0 Å². The molecule has 84 valence electrons. The molecule has 1 heterocycles. The first kappa shape index (κ1) is 10.9. The summed E-state index contributed by atoms with van der Waals surface area (Å²) in [6, 6.07) is 5.62. The zero-order valence-corrected chi connectivity index (χ0v) is 9.25. The molecule has 0 aliphatic carbocycles. The molecule has 1 aromatic rings. The standard InChI is InChI=1S/C10H9FN2O2S/c1-13-9(14)8(16-10(13)15)12-7-4-2-6(11)3-5-7/h2-5,8,12H,1H3/t8-/m0/s1. The van der Waals surface area contributed by atoms with Gasteiger partial charge in [-0.25, -0.2) is 4.39 Å². The molecule has 2 rings (SSSR count). The summed E-state index contributed by atoms with van der Waals surface area (Å²) >= 11 is 0.913. The lowest BCUT2D eigenvalue weighted by Crippen LogP contribution is -2.31. The number of carbonyl (C=O) groups is 2.